The maximum atomic E-state index is 11.0. The first-order valence-corrected chi connectivity index (χ1v) is 4.41. The first-order valence-electron chi connectivity index (χ1n) is 4.41. The van der Waals surface area contributed by atoms with Gasteiger partial charge in [-0.05, 0) is 30.9 Å². The fourth-order valence-electron chi connectivity index (χ4n) is 1.72. The van der Waals surface area contributed by atoms with Crippen molar-refractivity contribution in [1.82, 2.24) is 4.98 Å². The molecule has 1 aromatic rings. The number of rotatable bonds is 2. The van der Waals surface area contributed by atoms with E-state index >= 15 is 0 Å². The molecule has 0 spiro atoms. The topological polar surface area (TPSA) is 91.2 Å². The van der Waals surface area contributed by atoms with E-state index in [1.165, 1.54) is 0 Å². The Morgan fingerprint density at radius 2 is 2.29 bits per heavy atom. The van der Waals surface area contributed by atoms with Crippen LogP contribution in [0.2, 0.25) is 0 Å². The summed E-state index contributed by atoms with van der Waals surface area (Å²) in [7, 11) is 0. The zero-order chi connectivity index (χ0) is 10.1. The molecule has 0 saturated carbocycles. The molecule has 0 aromatic carbocycles. The Kier molecular flexibility index (Phi) is 2.09. The highest BCUT2D eigenvalue weighted by molar-refractivity contribution is 5.95. The minimum Gasteiger partial charge on any atom is -0.390 e. The molecule has 4 N–H and O–H groups in total. The van der Waals surface area contributed by atoms with Crippen LogP contribution in [0.4, 0.5) is 0 Å². The number of amides is 1. The molecule has 0 radical (unpaired) electrons. The fraction of sp³-hybridized carbons (Fsp3) is 0.333. The average molecular weight is 193 g/mol. The molecule has 1 aliphatic rings. The largest absolute Gasteiger partial charge is 0.390 e. The predicted octanol–water partition coefficient (Wildman–Crippen LogP) is -0.0783. The number of fused-ring (bicyclic) bond motifs is 1. The van der Waals surface area contributed by atoms with E-state index < -0.39 is 5.91 Å². The van der Waals surface area contributed by atoms with E-state index in [1.807, 2.05) is 0 Å². The minimum atomic E-state index is -0.562. The molecule has 0 atom stereocenters. The normalized spacial score (nSPS) is 13.8. The average Bonchev–Trinajstić information content (AvgIpc) is 2.62. The highest BCUT2D eigenvalue weighted by atomic mass is 16.6. The number of aromatic nitrogens is 1. The monoisotopic (exact) mass is 193 g/mol. The second-order valence-corrected chi connectivity index (χ2v) is 3.28. The summed E-state index contributed by atoms with van der Waals surface area (Å²) >= 11 is 0. The summed E-state index contributed by atoms with van der Waals surface area (Å²) in [5.41, 5.74) is 7.45. The molecule has 5 heteroatoms. The Bertz CT molecular complexity index is 390. The van der Waals surface area contributed by atoms with Crippen molar-refractivity contribution in [1.29, 1.82) is 0 Å². The van der Waals surface area contributed by atoms with Gasteiger partial charge in [-0.3, -0.25) is 4.79 Å². The summed E-state index contributed by atoms with van der Waals surface area (Å²) in [4.78, 5) is 19.7. The van der Waals surface area contributed by atoms with E-state index in [-0.39, 0.29) is 11.4 Å². The van der Waals surface area contributed by atoms with Crippen molar-refractivity contribution in [3.05, 3.63) is 22.9 Å². The second kappa shape index (κ2) is 3.26. The SMILES string of the molecule is NOc1nc2c(cc1C(N)=O)CCC2. The molecule has 0 aliphatic heterocycles. The molecular weight excluding hydrogens is 182 g/mol. The number of carbonyl (C=O) groups excluding carboxylic acids is 1. The molecule has 2 rings (SSSR count). The number of nitrogens with two attached hydrogens (primary N) is 2. The standard InChI is InChI=1S/C9H11N3O2/c10-8(13)6-4-5-2-1-3-7(5)12-9(6)14-11/h4H,1-3,11H2,(H2,10,13). The summed E-state index contributed by atoms with van der Waals surface area (Å²) in [5, 5.41) is 0. The second-order valence-electron chi connectivity index (χ2n) is 3.28. The van der Waals surface area contributed by atoms with Gasteiger partial charge in [0.2, 0.25) is 0 Å². The number of nitrogens with zero attached hydrogens (tertiary/aromatic N) is 1. The van der Waals surface area contributed by atoms with Crippen LogP contribution in [0.3, 0.4) is 0 Å². The van der Waals surface area contributed by atoms with Crippen molar-refractivity contribution < 1.29 is 9.63 Å². The van der Waals surface area contributed by atoms with E-state index in [0.29, 0.717) is 0 Å². The lowest BCUT2D eigenvalue weighted by Crippen LogP contribution is -2.17. The zero-order valence-electron chi connectivity index (χ0n) is 7.62. The third-order valence-electron chi connectivity index (χ3n) is 2.39. The smallest absolute Gasteiger partial charge is 0.254 e. The van der Waals surface area contributed by atoms with Gasteiger partial charge in [0.1, 0.15) is 5.56 Å². The van der Waals surface area contributed by atoms with Gasteiger partial charge in [-0.2, -0.15) is 5.90 Å². The van der Waals surface area contributed by atoms with Crippen molar-refractivity contribution >= 4 is 5.91 Å². The van der Waals surface area contributed by atoms with E-state index in [1.54, 1.807) is 6.07 Å². The van der Waals surface area contributed by atoms with E-state index in [2.05, 4.69) is 9.82 Å². The highest BCUT2D eigenvalue weighted by Gasteiger charge is 2.19. The molecule has 0 saturated heterocycles. The maximum Gasteiger partial charge on any atom is 0.254 e. The number of pyridine rings is 1. The molecule has 0 unspecified atom stereocenters. The van der Waals surface area contributed by atoms with Crippen LogP contribution in [0.5, 0.6) is 5.88 Å². The zero-order valence-corrected chi connectivity index (χ0v) is 7.62. The van der Waals surface area contributed by atoms with Gasteiger partial charge in [0.05, 0.1) is 0 Å². The van der Waals surface area contributed by atoms with Crippen molar-refractivity contribution in [3.63, 3.8) is 0 Å². The van der Waals surface area contributed by atoms with Crippen LogP contribution >= 0.6 is 0 Å². The molecule has 1 heterocycles. The summed E-state index contributed by atoms with van der Waals surface area (Å²) in [5.74, 6) is 4.57. The van der Waals surface area contributed by atoms with Crippen LogP contribution in [0.1, 0.15) is 28.0 Å². The molecule has 1 aliphatic carbocycles. The van der Waals surface area contributed by atoms with Crippen molar-refractivity contribution in [2.75, 3.05) is 0 Å². The van der Waals surface area contributed by atoms with Gasteiger partial charge in [-0.15, -0.1) is 0 Å². The Hall–Kier alpha value is -1.62. The van der Waals surface area contributed by atoms with E-state index in [9.17, 15) is 4.79 Å². The molecular formula is C9H11N3O2. The van der Waals surface area contributed by atoms with Crippen LogP contribution in [-0.2, 0) is 12.8 Å². The maximum absolute atomic E-state index is 11.0. The first-order chi connectivity index (χ1) is 6.72. The van der Waals surface area contributed by atoms with Crippen LogP contribution in [-0.4, -0.2) is 10.9 Å². The highest BCUT2D eigenvalue weighted by Crippen LogP contribution is 2.25. The Morgan fingerprint density at radius 3 is 2.93 bits per heavy atom. The van der Waals surface area contributed by atoms with E-state index in [4.69, 9.17) is 11.6 Å². The number of primary amides is 1. The summed E-state index contributed by atoms with van der Waals surface area (Å²) in [6, 6.07) is 1.72. The molecule has 14 heavy (non-hydrogen) atoms. The first kappa shape index (κ1) is 8.96. The van der Waals surface area contributed by atoms with Gasteiger partial charge in [0.15, 0.2) is 0 Å². The predicted molar refractivity (Wildman–Crippen MR) is 49.6 cm³/mol. The summed E-state index contributed by atoms with van der Waals surface area (Å²) in [6.07, 6.45) is 2.90. The lowest BCUT2D eigenvalue weighted by molar-refractivity contribution is 0.0995. The number of aryl methyl sites for hydroxylation is 2. The molecule has 0 bridgehead atoms. The van der Waals surface area contributed by atoms with E-state index in [0.717, 1.165) is 30.5 Å². The lowest BCUT2D eigenvalue weighted by atomic mass is 10.1. The summed E-state index contributed by atoms with van der Waals surface area (Å²) < 4.78 is 0. The Balaban J connectivity index is 2.54. The number of hydrogen-bond donors (Lipinski definition) is 2. The molecule has 1 amide bonds. The van der Waals surface area contributed by atoms with Crippen molar-refractivity contribution in [2.24, 2.45) is 11.6 Å². The third kappa shape index (κ3) is 1.31. The van der Waals surface area contributed by atoms with Gasteiger partial charge in [-0.25, -0.2) is 4.98 Å². The van der Waals surface area contributed by atoms with Gasteiger partial charge in [0, 0.05) is 5.69 Å². The Morgan fingerprint density at radius 1 is 1.50 bits per heavy atom. The van der Waals surface area contributed by atoms with Crippen molar-refractivity contribution in [2.45, 2.75) is 19.3 Å². The number of carbonyl (C=O) groups is 1. The molecule has 0 fully saturated rings. The fourth-order valence-corrected chi connectivity index (χ4v) is 1.72. The Labute approximate surface area is 81.0 Å². The van der Waals surface area contributed by atoms with Crippen molar-refractivity contribution in [3.8, 4) is 5.88 Å². The third-order valence-corrected chi connectivity index (χ3v) is 2.39. The molecule has 1 aromatic heterocycles. The van der Waals surface area contributed by atoms with Crippen LogP contribution < -0.4 is 16.5 Å². The van der Waals surface area contributed by atoms with Gasteiger partial charge in [0.25, 0.3) is 11.8 Å². The molecule has 5 nitrogen and oxygen atoms in total. The number of hydrogen-bond acceptors (Lipinski definition) is 4. The molecule has 74 valence electrons. The van der Waals surface area contributed by atoms with Gasteiger partial charge < -0.3 is 10.6 Å². The van der Waals surface area contributed by atoms with Gasteiger partial charge >= 0.3 is 0 Å². The van der Waals surface area contributed by atoms with Crippen LogP contribution in [0.15, 0.2) is 6.07 Å². The quantitative estimate of drug-likeness (QED) is 0.643. The summed E-state index contributed by atoms with van der Waals surface area (Å²) in [6.45, 7) is 0. The minimum absolute atomic E-state index is 0.123. The van der Waals surface area contributed by atoms with Crippen LogP contribution in [0.25, 0.3) is 0 Å². The lowest BCUT2D eigenvalue weighted by Gasteiger charge is -2.06. The van der Waals surface area contributed by atoms with Gasteiger partial charge in [-0.1, -0.05) is 0 Å². The van der Waals surface area contributed by atoms with Crippen LogP contribution in [0, 0.1) is 0 Å².